The van der Waals surface area contributed by atoms with Crippen LogP contribution in [0.1, 0.15) is 5.56 Å². The van der Waals surface area contributed by atoms with Crippen LogP contribution in [0.2, 0.25) is 5.02 Å². The molecule has 0 bridgehead atoms. The number of nitrogens with zero attached hydrogens (tertiary/aromatic N) is 1. The minimum atomic E-state index is 0.120. The van der Waals surface area contributed by atoms with Crippen molar-refractivity contribution in [3.8, 4) is 5.75 Å². The molecule has 3 N–H and O–H groups in total. The Balaban J connectivity index is 2.73. The van der Waals surface area contributed by atoms with Crippen molar-refractivity contribution < 1.29 is 4.74 Å². The summed E-state index contributed by atoms with van der Waals surface area (Å²) < 4.78 is 5.18. The van der Waals surface area contributed by atoms with E-state index in [1.54, 1.807) is 31.4 Å². The normalized spacial score (nSPS) is 10.9. The van der Waals surface area contributed by atoms with Crippen molar-refractivity contribution in [2.45, 2.75) is 0 Å². The SMILES string of the molecule is COc1ccc(Cl)cc1C=CC=NNC(N)=S. The van der Waals surface area contributed by atoms with Crippen molar-refractivity contribution in [1.82, 2.24) is 5.43 Å². The number of allylic oxidation sites excluding steroid dienone is 1. The van der Waals surface area contributed by atoms with Crippen molar-refractivity contribution in [3.63, 3.8) is 0 Å². The third-order valence-electron chi connectivity index (χ3n) is 1.80. The minimum Gasteiger partial charge on any atom is -0.496 e. The van der Waals surface area contributed by atoms with Gasteiger partial charge in [-0.05, 0) is 42.6 Å². The molecule has 0 amide bonds. The molecule has 0 fully saturated rings. The number of methoxy groups -OCH3 is 1. The number of hydrogen-bond donors (Lipinski definition) is 2. The number of ether oxygens (including phenoxy) is 1. The van der Waals surface area contributed by atoms with Crippen LogP contribution in [0.15, 0.2) is 29.4 Å². The summed E-state index contributed by atoms with van der Waals surface area (Å²) >= 11 is 10.5. The Morgan fingerprint density at radius 2 is 2.35 bits per heavy atom. The Labute approximate surface area is 110 Å². The number of halogens is 1. The highest BCUT2D eigenvalue weighted by Crippen LogP contribution is 2.23. The van der Waals surface area contributed by atoms with Gasteiger partial charge in [0, 0.05) is 16.8 Å². The van der Waals surface area contributed by atoms with E-state index in [2.05, 4.69) is 22.7 Å². The molecule has 0 aliphatic carbocycles. The quantitative estimate of drug-likeness (QED) is 0.500. The Hall–Kier alpha value is -1.59. The molecule has 1 rings (SSSR count). The number of benzene rings is 1. The maximum atomic E-state index is 5.89. The van der Waals surface area contributed by atoms with E-state index in [4.69, 9.17) is 22.1 Å². The molecular weight excluding hydrogens is 258 g/mol. The van der Waals surface area contributed by atoms with E-state index in [1.165, 1.54) is 6.21 Å². The largest absolute Gasteiger partial charge is 0.496 e. The van der Waals surface area contributed by atoms with Gasteiger partial charge in [-0.2, -0.15) is 5.10 Å². The lowest BCUT2D eigenvalue weighted by molar-refractivity contribution is 0.414. The van der Waals surface area contributed by atoms with Gasteiger partial charge in [0.15, 0.2) is 5.11 Å². The average Bonchev–Trinajstić information content (AvgIpc) is 2.28. The second-order valence-electron chi connectivity index (χ2n) is 3.00. The number of hydrazone groups is 1. The van der Waals surface area contributed by atoms with E-state index in [9.17, 15) is 0 Å². The van der Waals surface area contributed by atoms with Gasteiger partial charge in [0.1, 0.15) is 5.75 Å². The number of nitrogens with one attached hydrogen (secondary N) is 1. The minimum absolute atomic E-state index is 0.120. The first-order valence-corrected chi connectivity index (χ1v) is 5.51. The van der Waals surface area contributed by atoms with Gasteiger partial charge in [-0.15, -0.1) is 0 Å². The molecule has 0 aliphatic heterocycles. The molecule has 1 aromatic carbocycles. The maximum absolute atomic E-state index is 5.89. The predicted molar refractivity (Wildman–Crippen MR) is 75.5 cm³/mol. The van der Waals surface area contributed by atoms with Crippen LogP contribution in [0.4, 0.5) is 0 Å². The van der Waals surface area contributed by atoms with Gasteiger partial charge < -0.3 is 10.5 Å². The summed E-state index contributed by atoms with van der Waals surface area (Å²) in [6.45, 7) is 0. The third kappa shape index (κ3) is 4.84. The summed E-state index contributed by atoms with van der Waals surface area (Å²) in [4.78, 5) is 0. The summed E-state index contributed by atoms with van der Waals surface area (Å²) in [6.07, 6.45) is 5.06. The zero-order valence-electron chi connectivity index (χ0n) is 9.18. The lowest BCUT2D eigenvalue weighted by atomic mass is 10.2. The summed E-state index contributed by atoms with van der Waals surface area (Å²) in [5.74, 6) is 0.737. The zero-order chi connectivity index (χ0) is 12.7. The van der Waals surface area contributed by atoms with Gasteiger partial charge in [-0.25, -0.2) is 0 Å². The molecular formula is C11H12ClN3OS. The summed E-state index contributed by atoms with van der Waals surface area (Å²) in [6, 6.07) is 5.36. The number of thiocarbonyl (C=S) groups is 1. The van der Waals surface area contributed by atoms with Gasteiger partial charge in [0.25, 0.3) is 0 Å². The Morgan fingerprint density at radius 3 is 3.00 bits per heavy atom. The van der Waals surface area contributed by atoms with Crippen LogP contribution in [0, 0.1) is 0 Å². The highest BCUT2D eigenvalue weighted by Gasteiger charge is 1.99. The van der Waals surface area contributed by atoms with Gasteiger partial charge in [-0.1, -0.05) is 11.6 Å². The summed E-state index contributed by atoms with van der Waals surface area (Å²) in [5, 5.41) is 4.52. The van der Waals surface area contributed by atoms with Gasteiger partial charge >= 0.3 is 0 Å². The number of rotatable bonds is 4. The molecule has 90 valence electrons. The first-order chi connectivity index (χ1) is 8.13. The highest BCUT2D eigenvalue weighted by atomic mass is 35.5. The predicted octanol–water partition coefficient (Wildman–Crippen LogP) is 2.18. The Bertz CT molecular complexity index is 460. The van der Waals surface area contributed by atoms with Gasteiger partial charge in [-0.3, -0.25) is 5.43 Å². The molecule has 17 heavy (non-hydrogen) atoms. The van der Waals surface area contributed by atoms with E-state index < -0.39 is 0 Å². The monoisotopic (exact) mass is 269 g/mol. The van der Waals surface area contributed by atoms with Gasteiger partial charge in [0.2, 0.25) is 0 Å². The smallest absolute Gasteiger partial charge is 0.184 e. The lowest BCUT2D eigenvalue weighted by Gasteiger charge is -2.04. The molecule has 6 heteroatoms. The summed E-state index contributed by atoms with van der Waals surface area (Å²) in [5.41, 5.74) is 8.50. The van der Waals surface area contributed by atoms with Crippen molar-refractivity contribution >= 4 is 41.2 Å². The lowest BCUT2D eigenvalue weighted by Crippen LogP contribution is -2.23. The molecule has 0 atom stereocenters. The molecule has 0 aliphatic rings. The first kappa shape index (κ1) is 13.5. The molecule has 0 spiro atoms. The standard InChI is InChI=1S/C11H12ClN3OS/c1-16-10-5-4-9(12)7-8(10)3-2-6-14-15-11(13)17/h2-7H,1H3,(H3,13,15,17). The molecule has 0 radical (unpaired) electrons. The van der Waals surface area contributed by atoms with Crippen molar-refractivity contribution in [2.24, 2.45) is 10.8 Å². The topological polar surface area (TPSA) is 59.6 Å². The van der Waals surface area contributed by atoms with Crippen molar-refractivity contribution in [2.75, 3.05) is 7.11 Å². The van der Waals surface area contributed by atoms with Crippen LogP contribution in [0.5, 0.6) is 5.75 Å². The first-order valence-electron chi connectivity index (χ1n) is 4.72. The molecule has 0 saturated heterocycles. The van der Waals surface area contributed by atoms with E-state index >= 15 is 0 Å². The number of nitrogens with two attached hydrogens (primary N) is 1. The van der Waals surface area contributed by atoms with Crippen LogP contribution < -0.4 is 15.9 Å². The van der Waals surface area contributed by atoms with Gasteiger partial charge in [0.05, 0.1) is 7.11 Å². The van der Waals surface area contributed by atoms with Crippen LogP contribution >= 0.6 is 23.8 Å². The fourth-order valence-corrected chi connectivity index (χ4v) is 1.36. The van der Waals surface area contributed by atoms with Crippen molar-refractivity contribution in [1.29, 1.82) is 0 Å². The van der Waals surface area contributed by atoms with Crippen LogP contribution in [-0.4, -0.2) is 18.4 Å². The van der Waals surface area contributed by atoms with E-state index in [0.717, 1.165) is 11.3 Å². The second kappa shape index (κ2) is 6.88. The molecule has 0 saturated carbocycles. The van der Waals surface area contributed by atoms with Crippen LogP contribution in [0.25, 0.3) is 6.08 Å². The molecule has 0 heterocycles. The maximum Gasteiger partial charge on any atom is 0.184 e. The van der Waals surface area contributed by atoms with E-state index in [1.807, 2.05) is 6.08 Å². The Kier molecular flexibility index (Phi) is 5.45. The molecule has 0 unspecified atom stereocenters. The zero-order valence-corrected chi connectivity index (χ0v) is 10.8. The van der Waals surface area contributed by atoms with Crippen LogP contribution in [-0.2, 0) is 0 Å². The fourth-order valence-electron chi connectivity index (χ4n) is 1.13. The van der Waals surface area contributed by atoms with E-state index in [0.29, 0.717) is 5.02 Å². The molecule has 0 aromatic heterocycles. The summed E-state index contributed by atoms with van der Waals surface area (Å²) in [7, 11) is 1.60. The highest BCUT2D eigenvalue weighted by molar-refractivity contribution is 7.80. The van der Waals surface area contributed by atoms with Crippen molar-refractivity contribution in [3.05, 3.63) is 34.9 Å². The fraction of sp³-hybridized carbons (Fsp3) is 0.0909. The average molecular weight is 270 g/mol. The van der Waals surface area contributed by atoms with Crippen LogP contribution in [0.3, 0.4) is 0 Å². The Morgan fingerprint density at radius 1 is 1.59 bits per heavy atom. The van der Waals surface area contributed by atoms with E-state index in [-0.39, 0.29) is 5.11 Å². The molecule has 4 nitrogen and oxygen atoms in total. The molecule has 1 aromatic rings. The second-order valence-corrected chi connectivity index (χ2v) is 3.88. The third-order valence-corrected chi connectivity index (χ3v) is 2.13. The number of hydrogen-bond acceptors (Lipinski definition) is 3.